The summed E-state index contributed by atoms with van der Waals surface area (Å²) in [6.07, 6.45) is 0.836. The highest BCUT2D eigenvalue weighted by Gasteiger charge is 2.34. The van der Waals surface area contributed by atoms with Crippen LogP contribution in [0, 0.1) is 208 Å². The Hall–Kier alpha value is -6.36. The summed E-state index contributed by atoms with van der Waals surface area (Å²) < 4.78 is 82.7. The van der Waals surface area contributed by atoms with Crippen LogP contribution in [0.15, 0.2) is 19.6 Å². The summed E-state index contributed by atoms with van der Waals surface area (Å²) in [6, 6.07) is 0. The largest absolute Gasteiger partial charge is 0.496 e. The molecule has 458 valence electrons. The average molecular weight is 1190 g/mol. The first-order valence-electron chi connectivity index (χ1n) is 29.7. The maximum Gasteiger partial charge on any atom is 0.207 e. The minimum absolute atomic E-state index is 0.388. The van der Waals surface area contributed by atoms with Gasteiger partial charge in [-0.3, -0.25) is 0 Å². The standard InChI is InChI=1S/C43H56O4S.C32H42O4S/c1-20-21(2)33(14)42(34(15)22(20)3)48(44,45)43-35(16)31(12)41(32(13)36(43)17)47-40-29(10)25(6)38(26(7)30(40)11)19-37-23(4)27(8)39(46-18)28(9)24(37)5;1-15-16(2)24(10)31(25(11)17(15)3)37(33,34)32-26(12)22(8)30(23(9)27(32)13)36-29-20(6)18(4)28(35-14)19(5)21(29)7/h19H2,1-18H3;1-14H3. The van der Waals surface area contributed by atoms with Crippen LogP contribution in [0.2, 0.25) is 0 Å². The highest BCUT2D eigenvalue weighted by Crippen LogP contribution is 2.48. The van der Waals surface area contributed by atoms with Gasteiger partial charge in [0.05, 0.1) is 33.8 Å². The van der Waals surface area contributed by atoms with Crippen LogP contribution < -0.4 is 18.9 Å². The second kappa shape index (κ2) is 24.4. The Bertz CT molecular complexity index is 4020. The van der Waals surface area contributed by atoms with Gasteiger partial charge in [-0.1, -0.05) is 0 Å². The molecule has 8 nitrogen and oxygen atoms in total. The molecule has 7 rings (SSSR count). The zero-order chi connectivity index (χ0) is 64.8. The van der Waals surface area contributed by atoms with Crippen molar-refractivity contribution in [2.24, 2.45) is 0 Å². The molecule has 0 atom stereocenters. The Morgan fingerprint density at radius 3 is 0.541 bits per heavy atom. The third-order valence-electron chi connectivity index (χ3n) is 21.0. The molecule has 0 fully saturated rings. The van der Waals surface area contributed by atoms with Gasteiger partial charge in [0.25, 0.3) is 0 Å². The molecule has 0 amide bonds. The summed E-state index contributed by atoms with van der Waals surface area (Å²) in [6.45, 7) is 60.9. The zero-order valence-corrected chi connectivity index (χ0v) is 59.4. The summed E-state index contributed by atoms with van der Waals surface area (Å²) in [4.78, 5) is 1.65. The fourth-order valence-electron chi connectivity index (χ4n) is 13.3. The van der Waals surface area contributed by atoms with E-state index in [1.54, 1.807) is 14.2 Å². The Morgan fingerprint density at radius 1 is 0.200 bits per heavy atom. The molecule has 7 aromatic rings. The molecule has 0 saturated heterocycles. The van der Waals surface area contributed by atoms with Crippen LogP contribution in [-0.2, 0) is 26.1 Å². The lowest BCUT2D eigenvalue weighted by molar-refractivity contribution is 0.404. The number of hydrogen-bond donors (Lipinski definition) is 0. The van der Waals surface area contributed by atoms with E-state index in [2.05, 4.69) is 69.2 Å². The maximum absolute atomic E-state index is 14.6. The lowest BCUT2D eigenvalue weighted by Crippen LogP contribution is -2.15. The maximum atomic E-state index is 14.6. The predicted molar refractivity (Wildman–Crippen MR) is 354 cm³/mol. The monoisotopic (exact) mass is 1190 g/mol. The van der Waals surface area contributed by atoms with Crippen molar-refractivity contribution in [2.75, 3.05) is 14.2 Å². The topological polar surface area (TPSA) is 105 Å². The van der Waals surface area contributed by atoms with Gasteiger partial charge in [0.2, 0.25) is 19.7 Å². The third kappa shape index (κ3) is 10.9. The van der Waals surface area contributed by atoms with Crippen LogP contribution in [0.5, 0.6) is 34.5 Å². The summed E-state index contributed by atoms with van der Waals surface area (Å²) in [5.74, 6) is 4.95. The lowest BCUT2D eigenvalue weighted by Gasteiger charge is -2.26. The first kappa shape index (κ1) is 67.8. The van der Waals surface area contributed by atoms with E-state index in [1.807, 2.05) is 138 Å². The summed E-state index contributed by atoms with van der Waals surface area (Å²) in [5, 5.41) is 0. The predicted octanol–water partition coefficient (Wildman–Crippen LogP) is 19.5. The van der Waals surface area contributed by atoms with E-state index in [1.165, 1.54) is 44.5 Å². The van der Waals surface area contributed by atoms with Gasteiger partial charge in [-0.2, -0.15) is 0 Å². The van der Waals surface area contributed by atoms with Crippen LogP contribution in [0.25, 0.3) is 0 Å². The van der Waals surface area contributed by atoms with Crippen LogP contribution in [0.3, 0.4) is 0 Å². The van der Waals surface area contributed by atoms with Crippen molar-refractivity contribution >= 4 is 19.7 Å². The van der Waals surface area contributed by atoms with E-state index in [-0.39, 0.29) is 0 Å². The molecule has 10 heteroatoms. The smallest absolute Gasteiger partial charge is 0.207 e. The molecule has 0 aliphatic carbocycles. The van der Waals surface area contributed by atoms with E-state index in [0.29, 0.717) is 25.3 Å². The number of ether oxygens (including phenoxy) is 4. The Labute approximate surface area is 513 Å². The second-order valence-electron chi connectivity index (χ2n) is 24.8. The van der Waals surface area contributed by atoms with Crippen molar-refractivity contribution in [3.8, 4) is 34.5 Å². The van der Waals surface area contributed by atoms with Crippen molar-refractivity contribution in [3.63, 3.8) is 0 Å². The van der Waals surface area contributed by atoms with Crippen molar-refractivity contribution in [1.82, 2.24) is 0 Å². The minimum atomic E-state index is -3.80. The lowest BCUT2D eigenvalue weighted by atomic mass is 9.84. The number of benzene rings is 7. The van der Waals surface area contributed by atoms with Crippen LogP contribution in [0.1, 0.15) is 178 Å². The van der Waals surface area contributed by atoms with E-state index in [4.69, 9.17) is 18.9 Å². The molecule has 0 spiro atoms. The van der Waals surface area contributed by atoms with Crippen LogP contribution in [0.4, 0.5) is 0 Å². The summed E-state index contributed by atoms with van der Waals surface area (Å²) in [5.41, 5.74) is 32.4. The van der Waals surface area contributed by atoms with E-state index in [9.17, 15) is 16.8 Å². The van der Waals surface area contributed by atoms with Crippen molar-refractivity contribution in [1.29, 1.82) is 0 Å². The first-order chi connectivity index (χ1) is 39.2. The molecular weight excluding hydrogens is 1090 g/mol. The van der Waals surface area contributed by atoms with Crippen molar-refractivity contribution < 1.29 is 35.8 Å². The van der Waals surface area contributed by atoms with Gasteiger partial charge in [0, 0.05) is 0 Å². The summed E-state index contributed by atoms with van der Waals surface area (Å²) in [7, 11) is -4.13. The van der Waals surface area contributed by atoms with Gasteiger partial charge in [0.1, 0.15) is 34.5 Å². The Morgan fingerprint density at radius 2 is 0.341 bits per heavy atom. The molecule has 0 aliphatic rings. The minimum Gasteiger partial charge on any atom is -0.496 e. The highest BCUT2D eigenvalue weighted by atomic mass is 32.2. The number of hydrogen-bond acceptors (Lipinski definition) is 8. The molecular formula is C75H98O8S2. The Balaban J connectivity index is 0.000000282. The fraction of sp³-hybridized carbons (Fsp3) is 0.440. The van der Waals surface area contributed by atoms with E-state index < -0.39 is 19.7 Å². The normalized spacial score (nSPS) is 11.8. The molecule has 0 aliphatic heterocycles. The van der Waals surface area contributed by atoms with Gasteiger partial charge in [-0.05, 0) is 392 Å². The molecule has 0 bridgehead atoms. The number of methoxy groups -OCH3 is 2. The third-order valence-corrected chi connectivity index (χ3v) is 25.6. The SMILES string of the molecule is COc1c(C)c(C)c(Cc2c(C)c(C)c(Oc3c(C)c(C)c(S(=O)(=O)c4c(C)c(C)c(C)c(C)c4C)c(C)c3C)c(C)c2C)c(C)c1C.COc1c(C)c(C)c(Oc2c(C)c(C)c(S(=O)(=O)c3c(C)c(C)c(C)c(C)c3C)c(C)c2C)c(C)c1C. The molecule has 0 saturated carbocycles. The van der Waals surface area contributed by atoms with Gasteiger partial charge < -0.3 is 18.9 Å². The van der Waals surface area contributed by atoms with Crippen LogP contribution in [-0.4, -0.2) is 31.1 Å². The molecule has 85 heavy (non-hydrogen) atoms. The van der Waals surface area contributed by atoms with Crippen LogP contribution >= 0.6 is 0 Å². The summed E-state index contributed by atoms with van der Waals surface area (Å²) >= 11 is 0. The van der Waals surface area contributed by atoms with Gasteiger partial charge in [-0.15, -0.1) is 0 Å². The molecule has 0 radical (unpaired) electrons. The molecule has 0 unspecified atom stereocenters. The van der Waals surface area contributed by atoms with Gasteiger partial charge >= 0.3 is 0 Å². The van der Waals surface area contributed by atoms with Crippen molar-refractivity contribution in [2.45, 2.75) is 234 Å². The van der Waals surface area contributed by atoms with Gasteiger partial charge in [0.15, 0.2) is 0 Å². The average Bonchev–Trinajstić information content (AvgIpc) is 1.67. The van der Waals surface area contributed by atoms with E-state index >= 15 is 0 Å². The quantitative estimate of drug-likeness (QED) is 0.119. The Kier molecular flexibility index (Phi) is 19.5. The number of rotatable bonds is 12. The fourth-order valence-corrected chi connectivity index (χ4v) is 18.2. The van der Waals surface area contributed by atoms with Crippen molar-refractivity contribution in [3.05, 3.63) is 178 Å². The zero-order valence-electron chi connectivity index (χ0n) is 57.8. The molecule has 0 aromatic heterocycles. The molecule has 7 aromatic carbocycles. The van der Waals surface area contributed by atoms with Gasteiger partial charge in [-0.25, -0.2) is 16.8 Å². The second-order valence-corrected chi connectivity index (χ2v) is 28.4. The number of sulfone groups is 2. The molecule has 0 heterocycles. The van der Waals surface area contributed by atoms with E-state index in [0.717, 1.165) is 169 Å². The molecule has 0 N–H and O–H groups in total. The highest BCUT2D eigenvalue weighted by molar-refractivity contribution is 7.92. The first-order valence-corrected chi connectivity index (χ1v) is 32.7.